The minimum absolute atomic E-state index is 0.0151. The molecule has 6 nitrogen and oxygen atoms in total. The number of rotatable bonds is 7. The van der Waals surface area contributed by atoms with Gasteiger partial charge in [0.25, 0.3) is 0 Å². The number of hydrogen-bond acceptors (Lipinski definition) is 3. The van der Waals surface area contributed by atoms with E-state index in [1.165, 1.54) is 0 Å². The summed E-state index contributed by atoms with van der Waals surface area (Å²) in [4.78, 5) is 12.7. The fourth-order valence-electron chi connectivity index (χ4n) is 4.22. The first-order chi connectivity index (χ1) is 15.2. The highest BCUT2D eigenvalue weighted by Gasteiger charge is 2.40. The van der Waals surface area contributed by atoms with E-state index in [1.807, 2.05) is 81.4 Å². The van der Waals surface area contributed by atoms with Gasteiger partial charge in [0.2, 0.25) is 0 Å². The van der Waals surface area contributed by atoms with Gasteiger partial charge < -0.3 is 10.1 Å². The molecule has 0 aromatic heterocycles. The summed E-state index contributed by atoms with van der Waals surface area (Å²) >= 11 is 0. The van der Waals surface area contributed by atoms with Crippen molar-refractivity contribution in [3.05, 3.63) is 54.1 Å². The van der Waals surface area contributed by atoms with E-state index in [9.17, 15) is 4.79 Å². The van der Waals surface area contributed by atoms with E-state index in [0.29, 0.717) is 16.8 Å². The van der Waals surface area contributed by atoms with Gasteiger partial charge in [0, 0.05) is 24.8 Å². The number of nitriles is 1. The van der Waals surface area contributed by atoms with E-state index in [0.717, 1.165) is 55.8 Å². The van der Waals surface area contributed by atoms with Crippen molar-refractivity contribution in [2.24, 2.45) is 0 Å². The number of urea groups is 1. The molecule has 0 aliphatic carbocycles. The number of nitrogens with zero attached hydrogens (tertiary/aromatic N) is 3. The molecule has 32 heavy (non-hydrogen) atoms. The summed E-state index contributed by atoms with van der Waals surface area (Å²) < 4.78 is 6.68. The van der Waals surface area contributed by atoms with Crippen LogP contribution in [0, 0.1) is 11.3 Å². The van der Waals surface area contributed by atoms with E-state index in [1.54, 1.807) is 0 Å². The van der Waals surface area contributed by atoms with Gasteiger partial charge in [0.1, 0.15) is 25.4 Å². The topological polar surface area (TPSA) is 65.4 Å². The molecule has 1 saturated heterocycles. The second-order valence-corrected chi connectivity index (χ2v) is 9.59. The fourth-order valence-corrected chi connectivity index (χ4v) is 4.22. The molecule has 1 fully saturated rings. The maximum absolute atomic E-state index is 12.7. The van der Waals surface area contributed by atoms with Gasteiger partial charge in [-0.15, -0.1) is 0 Å². The molecule has 1 N–H and O–H groups in total. The Morgan fingerprint density at radius 3 is 2.16 bits per heavy atom. The first kappa shape index (κ1) is 23.6. The molecule has 0 unspecified atom stereocenters. The number of hydrogen-bond donors (Lipinski definition) is 1. The monoisotopic (exact) mass is 435 g/mol. The van der Waals surface area contributed by atoms with Crippen LogP contribution in [0.5, 0.6) is 5.75 Å². The number of carbonyl (C=O) groups excluding carboxylic acids is 1. The molecule has 0 saturated carbocycles. The molecule has 2 aromatic rings. The van der Waals surface area contributed by atoms with E-state index < -0.39 is 0 Å². The summed E-state index contributed by atoms with van der Waals surface area (Å²) in [5, 5.41) is 13.9. The van der Waals surface area contributed by atoms with Crippen molar-refractivity contribution in [1.82, 2.24) is 10.3 Å². The van der Waals surface area contributed by atoms with Gasteiger partial charge in [-0.3, -0.25) is 0 Å². The normalized spacial score (nSPS) is 15.1. The zero-order chi connectivity index (χ0) is 23.2. The largest absolute Gasteiger partial charge is 0.493 e. The lowest BCUT2D eigenvalue weighted by Gasteiger charge is -2.41. The third kappa shape index (κ3) is 6.02. The van der Waals surface area contributed by atoms with Crippen LogP contribution in [0.3, 0.4) is 0 Å². The van der Waals surface area contributed by atoms with Gasteiger partial charge in [0.05, 0.1) is 25.3 Å². The van der Waals surface area contributed by atoms with Crippen molar-refractivity contribution in [2.75, 3.05) is 33.3 Å². The molecule has 0 bridgehead atoms. The summed E-state index contributed by atoms with van der Waals surface area (Å²) in [6, 6.07) is 17.7. The Kier molecular flexibility index (Phi) is 7.42. The maximum atomic E-state index is 12.7. The third-order valence-electron chi connectivity index (χ3n) is 6.00. The number of likely N-dealkylation sites (tertiary alicyclic amines) is 1. The summed E-state index contributed by atoms with van der Waals surface area (Å²) in [6.07, 6.45) is 3.17. The Hall–Kier alpha value is -3.04. The van der Waals surface area contributed by atoms with Gasteiger partial charge in [-0.25, -0.2) is 9.39 Å². The summed E-state index contributed by atoms with van der Waals surface area (Å²) in [7, 11) is 1.91. The van der Waals surface area contributed by atoms with Crippen LogP contribution in [-0.4, -0.2) is 54.5 Å². The molecule has 6 heteroatoms. The standard InChI is InChI=1S/C26H34N4O2/c1-26(2,3)28-25(31)29(4)30(16-5-6-17-30)18-7-19-32-24-14-12-23(13-15-24)22-10-8-21(20-27)9-11-22/h8-15H,5-7,16-19H2,1-4H3/p+1. The lowest BCUT2D eigenvalue weighted by Crippen LogP contribution is -2.63. The van der Waals surface area contributed by atoms with Crippen LogP contribution in [0.1, 0.15) is 45.6 Å². The van der Waals surface area contributed by atoms with E-state index in [-0.39, 0.29) is 11.6 Å². The van der Waals surface area contributed by atoms with E-state index >= 15 is 0 Å². The zero-order valence-corrected chi connectivity index (χ0v) is 19.7. The van der Waals surface area contributed by atoms with Crippen molar-refractivity contribution >= 4 is 6.03 Å². The maximum Gasteiger partial charge on any atom is 0.361 e. The number of benzene rings is 2. The van der Waals surface area contributed by atoms with Crippen molar-refractivity contribution < 1.29 is 14.1 Å². The predicted octanol–water partition coefficient (Wildman–Crippen LogP) is 4.96. The molecule has 2 aromatic carbocycles. The van der Waals surface area contributed by atoms with Gasteiger partial charge in [-0.05, 0) is 56.2 Å². The molecule has 3 rings (SSSR count). The van der Waals surface area contributed by atoms with Crippen LogP contribution in [0.4, 0.5) is 4.79 Å². The third-order valence-corrected chi connectivity index (χ3v) is 6.00. The Bertz CT molecular complexity index is 934. The minimum Gasteiger partial charge on any atom is -0.493 e. The number of nitrogens with one attached hydrogen (secondary N) is 1. The molecule has 1 aliphatic heterocycles. The van der Waals surface area contributed by atoms with E-state index in [4.69, 9.17) is 10.00 Å². The highest BCUT2D eigenvalue weighted by Crippen LogP contribution is 2.25. The molecular weight excluding hydrogens is 400 g/mol. The van der Waals surface area contributed by atoms with Crippen molar-refractivity contribution in [2.45, 2.75) is 45.6 Å². The van der Waals surface area contributed by atoms with E-state index in [2.05, 4.69) is 11.4 Å². The van der Waals surface area contributed by atoms with Crippen LogP contribution in [0.15, 0.2) is 48.5 Å². The van der Waals surface area contributed by atoms with Crippen molar-refractivity contribution in [3.63, 3.8) is 0 Å². The van der Waals surface area contributed by atoms with Crippen LogP contribution >= 0.6 is 0 Å². The number of amides is 2. The Balaban J connectivity index is 1.52. The number of ether oxygens (including phenoxy) is 1. The van der Waals surface area contributed by atoms with Crippen molar-refractivity contribution in [3.8, 4) is 22.9 Å². The number of carbonyl (C=O) groups is 1. The molecule has 170 valence electrons. The lowest BCUT2D eigenvalue weighted by molar-refractivity contribution is -1.01. The quantitative estimate of drug-likeness (QED) is 0.494. The molecule has 1 heterocycles. The number of quaternary nitrogens is 1. The molecular formula is C26H35N4O2+. The van der Waals surface area contributed by atoms with Crippen LogP contribution in [0.2, 0.25) is 0 Å². The first-order valence-electron chi connectivity index (χ1n) is 11.4. The van der Waals surface area contributed by atoms with Crippen LogP contribution < -0.4 is 10.1 Å². The Morgan fingerprint density at radius 2 is 1.62 bits per heavy atom. The molecule has 2 amide bonds. The fraction of sp³-hybridized carbons (Fsp3) is 0.462. The summed E-state index contributed by atoms with van der Waals surface area (Å²) in [5.74, 6) is 0.842. The van der Waals surface area contributed by atoms with Gasteiger partial charge >= 0.3 is 6.03 Å². The summed E-state index contributed by atoms with van der Waals surface area (Å²) in [6.45, 7) is 9.51. The highest BCUT2D eigenvalue weighted by atomic mass is 16.5. The van der Waals surface area contributed by atoms with Gasteiger partial charge in [0.15, 0.2) is 0 Å². The average molecular weight is 436 g/mol. The van der Waals surface area contributed by atoms with Gasteiger partial charge in [-0.2, -0.15) is 10.3 Å². The highest BCUT2D eigenvalue weighted by molar-refractivity contribution is 5.73. The average Bonchev–Trinajstić information content (AvgIpc) is 3.25. The molecule has 0 spiro atoms. The van der Waals surface area contributed by atoms with Crippen LogP contribution in [-0.2, 0) is 0 Å². The lowest BCUT2D eigenvalue weighted by atomic mass is 10.0. The van der Waals surface area contributed by atoms with Crippen molar-refractivity contribution in [1.29, 1.82) is 5.26 Å². The first-order valence-corrected chi connectivity index (χ1v) is 11.4. The SMILES string of the molecule is CN(C(=O)NC(C)(C)C)[N+]1(CCCOc2ccc(-c3ccc(C#N)cc3)cc2)CCCC1. The smallest absolute Gasteiger partial charge is 0.361 e. The summed E-state index contributed by atoms with van der Waals surface area (Å²) in [5.41, 5.74) is 2.58. The predicted molar refractivity (Wildman–Crippen MR) is 127 cm³/mol. The second-order valence-electron chi connectivity index (χ2n) is 9.59. The Labute approximate surface area is 192 Å². The van der Waals surface area contributed by atoms with Gasteiger partial charge in [-0.1, -0.05) is 24.3 Å². The molecule has 0 atom stereocenters. The van der Waals surface area contributed by atoms with Crippen LogP contribution in [0.25, 0.3) is 11.1 Å². The Morgan fingerprint density at radius 1 is 1.06 bits per heavy atom. The minimum atomic E-state index is -0.248. The zero-order valence-electron chi connectivity index (χ0n) is 19.7. The molecule has 0 radical (unpaired) electrons. The molecule has 1 aliphatic rings. The second kappa shape index (κ2) is 10.1.